The van der Waals surface area contributed by atoms with Crippen LogP contribution in [-0.4, -0.2) is 65.3 Å². The Hall–Kier alpha value is -1.24. The third-order valence-electron chi connectivity index (χ3n) is 4.68. The summed E-state index contributed by atoms with van der Waals surface area (Å²) in [6, 6.07) is 7.99. The van der Waals surface area contributed by atoms with E-state index in [2.05, 4.69) is 0 Å². The van der Waals surface area contributed by atoms with Crippen molar-refractivity contribution in [2.75, 3.05) is 32.4 Å². The van der Waals surface area contributed by atoms with Crippen LogP contribution in [0.5, 0.6) is 0 Å². The number of thioether (sulfide) groups is 1. The number of hydrogen-bond acceptors (Lipinski definition) is 4. The first kappa shape index (κ1) is 21.1. The molecule has 2 rings (SSSR count). The number of carbonyl (C=O) groups is 2. The van der Waals surface area contributed by atoms with Gasteiger partial charge in [0, 0.05) is 35.5 Å². The molecule has 1 aromatic carbocycles. The number of benzene rings is 1. The van der Waals surface area contributed by atoms with E-state index in [9.17, 15) is 9.59 Å². The highest BCUT2D eigenvalue weighted by Gasteiger charge is 2.23. The number of hydrogen-bond donors (Lipinski definition) is 1. The molecule has 0 saturated carbocycles. The molecule has 0 bridgehead atoms. The normalized spacial score (nSPS) is 18.0. The molecule has 26 heavy (non-hydrogen) atoms. The summed E-state index contributed by atoms with van der Waals surface area (Å²) in [6.45, 7) is 1.55. The summed E-state index contributed by atoms with van der Waals surface area (Å²) in [5.74, 6) is 0.316. The molecule has 1 aromatic rings. The van der Waals surface area contributed by atoms with Crippen LogP contribution in [0.15, 0.2) is 29.2 Å². The standard InChI is InChI=1S/C19H27ClN2O3S/c1-21(14-19(24)25)16-4-2-11-22(12-10-16)18(23)5-3-13-26-17-8-6-15(20)7-9-17/h6-9,16H,2-5,10-14H2,1H3,(H,24,25). The number of rotatable bonds is 8. The van der Waals surface area contributed by atoms with Gasteiger partial charge in [-0.25, -0.2) is 0 Å². The summed E-state index contributed by atoms with van der Waals surface area (Å²) >= 11 is 7.62. The molecule has 1 unspecified atom stereocenters. The van der Waals surface area contributed by atoms with Crippen LogP contribution in [0.2, 0.25) is 5.02 Å². The molecule has 5 nitrogen and oxygen atoms in total. The Morgan fingerprint density at radius 1 is 1.27 bits per heavy atom. The van der Waals surface area contributed by atoms with Crippen molar-refractivity contribution in [2.24, 2.45) is 0 Å². The molecule has 1 aliphatic rings. The van der Waals surface area contributed by atoms with Crippen molar-refractivity contribution in [3.05, 3.63) is 29.3 Å². The Labute approximate surface area is 164 Å². The number of carbonyl (C=O) groups excluding carboxylic acids is 1. The van der Waals surface area contributed by atoms with E-state index in [-0.39, 0.29) is 18.5 Å². The number of likely N-dealkylation sites (N-methyl/N-ethyl adjacent to an activating group) is 1. The molecular formula is C19H27ClN2O3S. The lowest BCUT2D eigenvalue weighted by atomic mass is 10.1. The van der Waals surface area contributed by atoms with E-state index >= 15 is 0 Å². The zero-order valence-electron chi connectivity index (χ0n) is 15.2. The lowest BCUT2D eigenvalue weighted by Crippen LogP contribution is -2.37. The van der Waals surface area contributed by atoms with Gasteiger partial charge in [0.2, 0.25) is 5.91 Å². The quantitative estimate of drug-likeness (QED) is 0.535. The summed E-state index contributed by atoms with van der Waals surface area (Å²) in [4.78, 5) is 28.3. The number of halogens is 1. The Bertz CT molecular complexity index is 597. The van der Waals surface area contributed by atoms with E-state index in [1.54, 1.807) is 11.8 Å². The zero-order valence-corrected chi connectivity index (χ0v) is 16.8. The molecule has 1 heterocycles. The van der Waals surface area contributed by atoms with Crippen molar-refractivity contribution in [3.63, 3.8) is 0 Å². The minimum absolute atomic E-state index is 0.0561. The molecular weight excluding hydrogens is 372 g/mol. The van der Waals surface area contributed by atoms with Crippen LogP contribution in [0.25, 0.3) is 0 Å². The van der Waals surface area contributed by atoms with Crippen LogP contribution in [-0.2, 0) is 9.59 Å². The Kier molecular flexibility index (Phi) is 8.75. The lowest BCUT2D eigenvalue weighted by molar-refractivity contribution is -0.138. The number of carboxylic acid groups (broad SMARTS) is 1. The molecule has 1 aliphatic heterocycles. The van der Waals surface area contributed by atoms with E-state index in [1.165, 1.54) is 4.90 Å². The highest BCUT2D eigenvalue weighted by atomic mass is 35.5. The predicted molar refractivity (Wildman–Crippen MR) is 106 cm³/mol. The summed E-state index contributed by atoms with van der Waals surface area (Å²) in [6.07, 6.45) is 4.14. The first-order chi connectivity index (χ1) is 12.5. The third-order valence-corrected chi connectivity index (χ3v) is 6.03. The Morgan fingerprint density at radius 2 is 2.00 bits per heavy atom. The van der Waals surface area contributed by atoms with Gasteiger partial charge in [-0.05, 0) is 62.7 Å². The van der Waals surface area contributed by atoms with E-state index in [1.807, 2.05) is 41.1 Å². The number of nitrogens with zero attached hydrogens (tertiary/aromatic N) is 2. The molecule has 1 saturated heterocycles. The first-order valence-corrected chi connectivity index (χ1v) is 10.4. The number of likely N-dealkylation sites (tertiary alicyclic amines) is 1. The van der Waals surface area contributed by atoms with Crippen molar-refractivity contribution in [1.82, 2.24) is 9.80 Å². The summed E-state index contributed by atoms with van der Waals surface area (Å²) in [5, 5.41) is 9.66. The van der Waals surface area contributed by atoms with Crippen molar-refractivity contribution in [2.45, 2.75) is 43.0 Å². The fourth-order valence-electron chi connectivity index (χ4n) is 3.21. The van der Waals surface area contributed by atoms with E-state index in [0.29, 0.717) is 6.42 Å². The molecule has 144 valence electrons. The van der Waals surface area contributed by atoms with Gasteiger partial charge in [-0.1, -0.05) is 11.6 Å². The van der Waals surface area contributed by atoms with Gasteiger partial charge < -0.3 is 10.0 Å². The van der Waals surface area contributed by atoms with Gasteiger partial charge in [0.05, 0.1) is 6.54 Å². The van der Waals surface area contributed by atoms with Crippen LogP contribution in [0.1, 0.15) is 32.1 Å². The van der Waals surface area contributed by atoms with Crippen LogP contribution in [0.3, 0.4) is 0 Å². The minimum atomic E-state index is -0.803. The molecule has 0 aliphatic carbocycles. The molecule has 7 heteroatoms. The second-order valence-electron chi connectivity index (χ2n) is 6.68. The van der Waals surface area contributed by atoms with Crippen molar-refractivity contribution >= 4 is 35.2 Å². The maximum absolute atomic E-state index is 12.5. The van der Waals surface area contributed by atoms with Gasteiger partial charge in [0.25, 0.3) is 0 Å². The third kappa shape index (κ3) is 7.17. The molecule has 1 N–H and O–H groups in total. The summed E-state index contributed by atoms with van der Waals surface area (Å²) in [5.41, 5.74) is 0. The van der Waals surface area contributed by atoms with E-state index < -0.39 is 5.97 Å². The van der Waals surface area contributed by atoms with E-state index in [4.69, 9.17) is 16.7 Å². The predicted octanol–water partition coefficient (Wildman–Crippen LogP) is 3.61. The fourth-order valence-corrected chi connectivity index (χ4v) is 4.19. The largest absolute Gasteiger partial charge is 0.480 e. The highest BCUT2D eigenvalue weighted by Crippen LogP contribution is 2.22. The second kappa shape index (κ2) is 10.8. The average Bonchev–Trinajstić information content (AvgIpc) is 2.86. The maximum atomic E-state index is 12.5. The van der Waals surface area contributed by atoms with Crippen LogP contribution in [0, 0.1) is 0 Å². The van der Waals surface area contributed by atoms with Gasteiger partial charge in [0.15, 0.2) is 0 Å². The monoisotopic (exact) mass is 398 g/mol. The molecule has 0 aromatic heterocycles. The highest BCUT2D eigenvalue weighted by molar-refractivity contribution is 7.99. The molecule has 1 amide bonds. The first-order valence-electron chi connectivity index (χ1n) is 9.04. The topological polar surface area (TPSA) is 60.9 Å². The van der Waals surface area contributed by atoms with Crippen molar-refractivity contribution < 1.29 is 14.7 Å². The van der Waals surface area contributed by atoms with Crippen LogP contribution >= 0.6 is 23.4 Å². The van der Waals surface area contributed by atoms with Gasteiger partial charge in [-0.15, -0.1) is 11.8 Å². The van der Waals surface area contributed by atoms with Gasteiger partial charge in [-0.2, -0.15) is 0 Å². The second-order valence-corrected chi connectivity index (χ2v) is 8.29. The summed E-state index contributed by atoms with van der Waals surface area (Å²) in [7, 11) is 1.85. The fraction of sp³-hybridized carbons (Fsp3) is 0.579. The van der Waals surface area contributed by atoms with Crippen LogP contribution < -0.4 is 0 Å². The minimum Gasteiger partial charge on any atom is -0.480 e. The number of amides is 1. The number of aliphatic carboxylic acids is 1. The van der Waals surface area contributed by atoms with Gasteiger partial charge in [0.1, 0.15) is 0 Å². The van der Waals surface area contributed by atoms with Gasteiger partial charge in [-0.3, -0.25) is 14.5 Å². The lowest BCUT2D eigenvalue weighted by Gasteiger charge is -2.25. The maximum Gasteiger partial charge on any atom is 0.317 e. The van der Waals surface area contributed by atoms with Crippen molar-refractivity contribution in [3.8, 4) is 0 Å². The Morgan fingerprint density at radius 3 is 2.69 bits per heavy atom. The SMILES string of the molecule is CN(CC(=O)O)C1CCCN(C(=O)CCCSc2ccc(Cl)cc2)CC1. The number of carboxylic acids is 1. The van der Waals surface area contributed by atoms with E-state index in [0.717, 1.165) is 49.5 Å². The molecule has 1 fully saturated rings. The molecule has 0 spiro atoms. The zero-order chi connectivity index (χ0) is 18.9. The summed E-state index contributed by atoms with van der Waals surface area (Å²) < 4.78 is 0. The van der Waals surface area contributed by atoms with Gasteiger partial charge >= 0.3 is 5.97 Å². The Balaban J connectivity index is 1.69. The molecule has 0 radical (unpaired) electrons. The average molecular weight is 399 g/mol. The molecule has 1 atom stereocenters. The smallest absolute Gasteiger partial charge is 0.317 e. The van der Waals surface area contributed by atoms with Crippen molar-refractivity contribution in [1.29, 1.82) is 0 Å². The van der Waals surface area contributed by atoms with Crippen LogP contribution in [0.4, 0.5) is 0 Å².